The number of hydrogen-bond donors (Lipinski definition) is 1. The lowest BCUT2D eigenvalue weighted by atomic mass is 9.99. The molecule has 0 radical (unpaired) electrons. The first-order chi connectivity index (χ1) is 9.05. The van der Waals surface area contributed by atoms with Crippen molar-refractivity contribution in [2.75, 3.05) is 26.2 Å². The van der Waals surface area contributed by atoms with Crippen LogP contribution in [0.3, 0.4) is 0 Å². The van der Waals surface area contributed by atoms with E-state index < -0.39 is 10.0 Å². The Balaban J connectivity index is 0.00000200. The Labute approximate surface area is 128 Å². The highest BCUT2D eigenvalue weighted by atomic mass is 35.5. The zero-order valence-corrected chi connectivity index (χ0v) is 13.6. The maximum Gasteiger partial charge on any atom is 0.243 e. The van der Waals surface area contributed by atoms with Gasteiger partial charge in [-0.05, 0) is 30.0 Å². The summed E-state index contributed by atoms with van der Waals surface area (Å²) >= 11 is 0. The first kappa shape index (κ1) is 17.4. The zero-order valence-electron chi connectivity index (χ0n) is 12.0. The molecule has 0 spiro atoms. The van der Waals surface area contributed by atoms with E-state index in [-0.39, 0.29) is 12.4 Å². The second-order valence-corrected chi connectivity index (χ2v) is 6.97. The number of benzene rings is 1. The molecule has 1 aromatic rings. The molecule has 1 aliphatic heterocycles. The van der Waals surface area contributed by atoms with Crippen LogP contribution in [0.1, 0.15) is 31.7 Å². The quantitative estimate of drug-likeness (QED) is 0.926. The average Bonchev–Trinajstić information content (AvgIpc) is 2.47. The molecule has 114 valence electrons. The van der Waals surface area contributed by atoms with Crippen LogP contribution in [0.15, 0.2) is 29.2 Å². The SMILES string of the molecule is CCC(C)c1ccc(S(=O)(=O)N2CCNCC2)cc1.Cl. The van der Waals surface area contributed by atoms with Gasteiger partial charge in [-0.1, -0.05) is 26.0 Å². The fraction of sp³-hybridized carbons (Fsp3) is 0.571. The van der Waals surface area contributed by atoms with Gasteiger partial charge in [0.1, 0.15) is 0 Å². The van der Waals surface area contributed by atoms with E-state index in [1.54, 1.807) is 16.4 Å². The molecule has 1 unspecified atom stereocenters. The maximum absolute atomic E-state index is 12.4. The number of hydrogen-bond acceptors (Lipinski definition) is 3. The molecular formula is C14H23ClN2O2S. The van der Waals surface area contributed by atoms with Crippen LogP contribution in [-0.4, -0.2) is 38.9 Å². The number of sulfonamides is 1. The molecule has 0 bridgehead atoms. The van der Waals surface area contributed by atoms with Crippen molar-refractivity contribution in [3.05, 3.63) is 29.8 Å². The molecular weight excluding hydrogens is 296 g/mol. The number of nitrogens with one attached hydrogen (secondary N) is 1. The Morgan fingerprint density at radius 3 is 2.25 bits per heavy atom. The van der Waals surface area contributed by atoms with Crippen molar-refractivity contribution < 1.29 is 8.42 Å². The minimum atomic E-state index is -3.32. The largest absolute Gasteiger partial charge is 0.314 e. The van der Waals surface area contributed by atoms with Gasteiger partial charge < -0.3 is 5.32 Å². The second-order valence-electron chi connectivity index (χ2n) is 5.03. The van der Waals surface area contributed by atoms with Crippen molar-refractivity contribution in [3.63, 3.8) is 0 Å². The van der Waals surface area contributed by atoms with Gasteiger partial charge in [-0.15, -0.1) is 12.4 Å². The van der Waals surface area contributed by atoms with E-state index in [0.29, 0.717) is 23.9 Å². The van der Waals surface area contributed by atoms with Gasteiger partial charge in [0.15, 0.2) is 0 Å². The van der Waals surface area contributed by atoms with Gasteiger partial charge in [-0.3, -0.25) is 0 Å². The second kappa shape index (κ2) is 7.41. The predicted octanol–water partition coefficient (Wildman–Crippen LogP) is 2.22. The molecule has 0 saturated carbocycles. The van der Waals surface area contributed by atoms with E-state index in [1.807, 2.05) is 12.1 Å². The van der Waals surface area contributed by atoms with E-state index >= 15 is 0 Å². The van der Waals surface area contributed by atoms with Gasteiger partial charge in [0.05, 0.1) is 4.90 Å². The molecule has 1 aromatic carbocycles. The molecule has 6 heteroatoms. The lowest BCUT2D eigenvalue weighted by molar-refractivity contribution is 0.360. The van der Waals surface area contributed by atoms with Gasteiger partial charge in [0.25, 0.3) is 0 Å². The first-order valence-corrected chi connectivity index (χ1v) is 8.30. The fourth-order valence-electron chi connectivity index (χ4n) is 2.24. The number of piperazine rings is 1. The number of halogens is 1. The van der Waals surface area contributed by atoms with E-state index in [9.17, 15) is 8.42 Å². The highest BCUT2D eigenvalue weighted by molar-refractivity contribution is 7.89. The standard InChI is InChI=1S/C14H22N2O2S.ClH/c1-3-12(2)13-4-6-14(7-5-13)19(17,18)16-10-8-15-9-11-16;/h4-7,12,15H,3,8-11H2,1-2H3;1H. The average molecular weight is 319 g/mol. The lowest BCUT2D eigenvalue weighted by Crippen LogP contribution is -2.46. The van der Waals surface area contributed by atoms with Crippen molar-refractivity contribution in [2.45, 2.75) is 31.1 Å². The number of nitrogens with zero attached hydrogens (tertiary/aromatic N) is 1. The van der Waals surface area contributed by atoms with E-state index in [1.165, 1.54) is 5.56 Å². The smallest absolute Gasteiger partial charge is 0.243 e. The molecule has 1 atom stereocenters. The lowest BCUT2D eigenvalue weighted by Gasteiger charge is -2.26. The molecule has 1 saturated heterocycles. The van der Waals surface area contributed by atoms with Gasteiger partial charge in [0, 0.05) is 26.2 Å². The predicted molar refractivity (Wildman–Crippen MR) is 84.0 cm³/mol. The maximum atomic E-state index is 12.4. The van der Waals surface area contributed by atoms with Crippen LogP contribution in [-0.2, 0) is 10.0 Å². The van der Waals surface area contributed by atoms with Crippen LogP contribution in [0.25, 0.3) is 0 Å². The third-order valence-corrected chi connectivity index (χ3v) is 5.69. The summed E-state index contributed by atoms with van der Waals surface area (Å²) in [6.07, 6.45) is 1.06. The van der Waals surface area contributed by atoms with Gasteiger partial charge >= 0.3 is 0 Å². The van der Waals surface area contributed by atoms with Crippen LogP contribution >= 0.6 is 12.4 Å². The van der Waals surface area contributed by atoms with Crippen molar-refractivity contribution >= 4 is 22.4 Å². The molecule has 1 N–H and O–H groups in total. The summed E-state index contributed by atoms with van der Waals surface area (Å²) in [5.74, 6) is 0.468. The summed E-state index contributed by atoms with van der Waals surface area (Å²) in [6, 6.07) is 7.34. The molecule has 1 heterocycles. The van der Waals surface area contributed by atoms with Crippen molar-refractivity contribution in [1.82, 2.24) is 9.62 Å². The van der Waals surface area contributed by atoms with Crippen LogP contribution < -0.4 is 5.32 Å². The molecule has 4 nitrogen and oxygen atoms in total. The van der Waals surface area contributed by atoms with E-state index in [2.05, 4.69) is 19.2 Å². The molecule has 0 amide bonds. The Morgan fingerprint density at radius 2 is 1.75 bits per heavy atom. The van der Waals surface area contributed by atoms with Crippen LogP contribution in [0.4, 0.5) is 0 Å². The van der Waals surface area contributed by atoms with Gasteiger partial charge in [-0.2, -0.15) is 4.31 Å². The van der Waals surface area contributed by atoms with E-state index in [4.69, 9.17) is 0 Å². The van der Waals surface area contributed by atoms with Gasteiger partial charge in [-0.25, -0.2) is 8.42 Å². The van der Waals surface area contributed by atoms with Crippen LogP contribution in [0.5, 0.6) is 0 Å². The first-order valence-electron chi connectivity index (χ1n) is 6.86. The van der Waals surface area contributed by atoms with Crippen molar-refractivity contribution in [3.8, 4) is 0 Å². The number of rotatable bonds is 4. The van der Waals surface area contributed by atoms with Crippen molar-refractivity contribution in [2.24, 2.45) is 0 Å². The monoisotopic (exact) mass is 318 g/mol. The Bertz CT molecular complexity index is 510. The van der Waals surface area contributed by atoms with Gasteiger partial charge in [0.2, 0.25) is 10.0 Å². The minimum absolute atomic E-state index is 0. The summed E-state index contributed by atoms with van der Waals surface area (Å²) in [6.45, 7) is 6.84. The summed E-state index contributed by atoms with van der Waals surface area (Å²) in [4.78, 5) is 0.404. The highest BCUT2D eigenvalue weighted by Gasteiger charge is 2.25. The third kappa shape index (κ3) is 3.73. The Morgan fingerprint density at radius 1 is 1.20 bits per heavy atom. The Kier molecular flexibility index (Phi) is 6.45. The third-order valence-electron chi connectivity index (χ3n) is 3.78. The molecule has 0 aliphatic carbocycles. The minimum Gasteiger partial charge on any atom is -0.314 e. The zero-order chi connectivity index (χ0) is 13.9. The normalized spacial score (nSPS) is 18.3. The molecule has 2 rings (SSSR count). The summed E-state index contributed by atoms with van der Waals surface area (Å²) < 4.78 is 26.4. The molecule has 1 fully saturated rings. The Hall–Kier alpha value is -0.620. The summed E-state index contributed by atoms with van der Waals surface area (Å²) in [7, 11) is -3.32. The fourth-order valence-corrected chi connectivity index (χ4v) is 3.68. The summed E-state index contributed by atoms with van der Waals surface area (Å²) in [5.41, 5.74) is 1.20. The highest BCUT2D eigenvalue weighted by Crippen LogP contribution is 2.22. The van der Waals surface area contributed by atoms with E-state index in [0.717, 1.165) is 19.5 Å². The summed E-state index contributed by atoms with van der Waals surface area (Å²) in [5, 5.41) is 3.16. The van der Waals surface area contributed by atoms with Crippen LogP contribution in [0, 0.1) is 0 Å². The topological polar surface area (TPSA) is 49.4 Å². The molecule has 0 aromatic heterocycles. The molecule has 1 aliphatic rings. The van der Waals surface area contributed by atoms with Crippen LogP contribution in [0.2, 0.25) is 0 Å². The van der Waals surface area contributed by atoms with Crippen molar-refractivity contribution in [1.29, 1.82) is 0 Å². The molecule has 20 heavy (non-hydrogen) atoms.